The van der Waals surface area contributed by atoms with Crippen molar-refractivity contribution in [3.8, 4) is 0 Å². The van der Waals surface area contributed by atoms with Gasteiger partial charge in [-0.25, -0.2) is 4.98 Å². The number of hydrogen-bond acceptors (Lipinski definition) is 4. The van der Waals surface area contributed by atoms with Gasteiger partial charge in [0.15, 0.2) is 0 Å². The van der Waals surface area contributed by atoms with Crippen molar-refractivity contribution in [3.05, 3.63) is 75.6 Å². The van der Waals surface area contributed by atoms with Crippen molar-refractivity contribution in [2.45, 2.75) is 32.7 Å². The molecule has 26 heavy (non-hydrogen) atoms. The van der Waals surface area contributed by atoms with E-state index >= 15 is 0 Å². The van der Waals surface area contributed by atoms with Gasteiger partial charge in [-0.2, -0.15) is 0 Å². The zero-order valence-corrected chi connectivity index (χ0v) is 14.8. The summed E-state index contributed by atoms with van der Waals surface area (Å²) in [5, 5.41) is 3.01. The Bertz CT molecular complexity index is 1050. The minimum atomic E-state index is -0.402. The predicted molar refractivity (Wildman–Crippen MR) is 98.1 cm³/mol. The molecule has 1 aliphatic carbocycles. The Hall–Kier alpha value is -3.02. The number of pyridine rings is 2. The monoisotopic (exact) mass is 348 g/mol. The molecule has 1 fully saturated rings. The van der Waals surface area contributed by atoms with Gasteiger partial charge in [-0.3, -0.25) is 19.0 Å². The standard InChI is InChI=1S/C20H20N4O2/c1-12-8-9-21-16(10-12)18(14-6-7-14)23-19(25)15-11-22-17-5-3-4-13(2)24(17)20(15)26/h3-5,8-11,14,18H,6-7H2,1-2H3,(H,23,25). The van der Waals surface area contributed by atoms with E-state index in [1.807, 2.05) is 38.1 Å². The average Bonchev–Trinajstić information content (AvgIpc) is 3.44. The van der Waals surface area contributed by atoms with Gasteiger partial charge >= 0.3 is 0 Å². The number of carbonyl (C=O) groups is 1. The highest BCUT2D eigenvalue weighted by molar-refractivity contribution is 5.94. The Morgan fingerprint density at radius 2 is 2.04 bits per heavy atom. The molecule has 3 heterocycles. The lowest BCUT2D eigenvalue weighted by atomic mass is 10.1. The second-order valence-corrected chi connectivity index (χ2v) is 6.88. The molecule has 1 amide bonds. The molecule has 6 heteroatoms. The molecule has 0 aromatic carbocycles. The molecule has 3 aromatic rings. The Morgan fingerprint density at radius 1 is 1.23 bits per heavy atom. The highest BCUT2D eigenvalue weighted by atomic mass is 16.2. The maximum Gasteiger partial charge on any atom is 0.270 e. The molecule has 1 atom stereocenters. The molecule has 0 bridgehead atoms. The normalized spacial score (nSPS) is 15.0. The Kier molecular flexibility index (Phi) is 4.03. The van der Waals surface area contributed by atoms with E-state index in [2.05, 4.69) is 15.3 Å². The first-order chi connectivity index (χ1) is 12.5. The minimum Gasteiger partial charge on any atom is -0.343 e. The third-order valence-electron chi connectivity index (χ3n) is 4.80. The average molecular weight is 348 g/mol. The molecule has 0 radical (unpaired) electrons. The van der Waals surface area contributed by atoms with Gasteiger partial charge in [0.2, 0.25) is 0 Å². The molecule has 1 N–H and O–H groups in total. The van der Waals surface area contributed by atoms with Gasteiger partial charge in [0.25, 0.3) is 11.5 Å². The number of nitrogens with one attached hydrogen (secondary N) is 1. The molecule has 0 aliphatic heterocycles. The van der Waals surface area contributed by atoms with Gasteiger partial charge in [0.05, 0.1) is 11.7 Å². The molecule has 3 aromatic heterocycles. The number of fused-ring (bicyclic) bond motifs is 1. The molecule has 132 valence electrons. The number of amides is 1. The fourth-order valence-electron chi connectivity index (χ4n) is 3.24. The molecule has 6 nitrogen and oxygen atoms in total. The van der Waals surface area contributed by atoms with Crippen molar-refractivity contribution in [1.82, 2.24) is 19.7 Å². The summed E-state index contributed by atoms with van der Waals surface area (Å²) in [6.45, 7) is 3.82. The minimum absolute atomic E-state index is 0.0510. The summed E-state index contributed by atoms with van der Waals surface area (Å²) < 4.78 is 1.46. The molecular weight excluding hydrogens is 328 g/mol. The van der Waals surface area contributed by atoms with Crippen LogP contribution in [0, 0.1) is 19.8 Å². The predicted octanol–water partition coefficient (Wildman–Crippen LogP) is 2.59. The Labute approximate surface area is 150 Å². The second kappa shape index (κ2) is 6.37. The fraction of sp³-hybridized carbons (Fsp3) is 0.300. The third kappa shape index (κ3) is 2.98. The number of carbonyl (C=O) groups excluding carboxylic acids is 1. The maximum absolute atomic E-state index is 12.8. The maximum atomic E-state index is 12.8. The SMILES string of the molecule is Cc1ccnc(C(NC(=O)c2cnc3cccc(C)n3c2=O)C2CC2)c1. The van der Waals surface area contributed by atoms with Crippen LogP contribution in [0.2, 0.25) is 0 Å². The fourth-order valence-corrected chi connectivity index (χ4v) is 3.24. The van der Waals surface area contributed by atoms with E-state index in [4.69, 9.17) is 0 Å². The lowest BCUT2D eigenvalue weighted by Gasteiger charge is -2.18. The third-order valence-corrected chi connectivity index (χ3v) is 4.80. The molecule has 0 saturated heterocycles. The van der Waals surface area contributed by atoms with Gasteiger partial charge in [-0.05, 0) is 62.4 Å². The lowest BCUT2D eigenvalue weighted by Crippen LogP contribution is -2.35. The molecule has 4 rings (SSSR count). The molecule has 1 aliphatic rings. The summed E-state index contributed by atoms with van der Waals surface area (Å²) in [7, 11) is 0. The lowest BCUT2D eigenvalue weighted by molar-refractivity contribution is 0.0928. The van der Waals surface area contributed by atoms with Crippen molar-refractivity contribution in [1.29, 1.82) is 0 Å². The van der Waals surface area contributed by atoms with E-state index in [0.717, 1.165) is 29.8 Å². The van der Waals surface area contributed by atoms with Gasteiger partial charge in [0.1, 0.15) is 11.2 Å². The Morgan fingerprint density at radius 3 is 2.77 bits per heavy atom. The van der Waals surface area contributed by atoms with Crippen molar-refractivity contribution in [3.63, 3.8) is 0 Å². The first-order valence-electron chi connectivity index (χ1n) is 8.75. The molecule has 1 unspecified atom stereocenters. The van der Waals surface area contributed by atoms with Crippen LogP contribution in [0.3, 0.4) is 0 Å². The first kappa shape index (κ1) is 16.4. The molecular formula is C20H20N4O2. The van der Waals surface area contributed by atoms with Crippen LogP contribution in [-0.2, 0) is 0 Å². The Balaban J connectivity index is 1.69. The number of aromatic nitrogens is 3. The van der Waals surface area contributed by atoms with Gasteiger partial charge in [-0.1, -0.05) is 6.07 Å². The summed E-state index contributed by atoms with van der Waals surface area (Å²) >= 11 is 0. The number of rotatable bonds is 4. The van der Waals surface area contributed by atoms with Crippen LogP contribution in [-0.4, -0.2) is 20.3 Å². The van der Waals surface area contributed by atoms with Crippen LogP contribution < -0.4 is 10.9 Å². The summed E-state index contributed by atoms with van der Waals surface area (Å²) in [5.41, 5.74) is 2.91. The van der Waals surface area contributed by atoms with E-state index in [1.165, 1.54) is 10.6 Å². The summed E-state index contributed by atoms with van der Waals surface area (Å²) in [5.74, 6) is -0.0356. The summed E-state index contributed by atoms with van der Waals surface area (Å²) in [6, 6.07) is 9.14. The van der Waals surface area contributed by atoms with E-state index in [9.17, 15) is 9.59 Å². The van der Waals surface area contributed by atoms with Crippen molar-refractivity contribution >= 4 is 11.6 Å². The highest BCUT2D eigenvalue weighted by Gasteiger charge is 2.35. The zero-order valence-electron chi connectivity index (χ0n) is 14.8. The number of hydrogen-bond donors (Lipinski definition) is 1. The van der Waals surface area contributed by atoms with Crippen LogP contribution in [0.4, 0.5) is 0 Å². The molecule has 1 saturated carbocycles. The van der Waals surface area contributed by atoms with E-state index < -0.39 is 5.91 Å². The van der Waals surface area contributed by atoms with Crippen LogP contribution in [0.15, 0.2) is 47.5 Å². The van der Waals surface area contributed by atoms with Crippen LogP contribution in [0.5, 0.6) is 0 Å². The smallest absolute Gasteiger partial charge is 0.270 e. The van der Waals surface area contributed by atoms with E-state index in [-0.39, 0.29) is 17.2 Å². The largest absolute Gasteiger partial charge is 0.343 e. The summed E-state index contributed by atoms with van der Waals surface area (Å²) in [6.07, 6.45) is 5.21. The van der Waals surface area contributed by atoms with E-state index in [0.29, 0.717) is 11.6 Å². The zero-order chi connectivity index (χ0) is 18.3. The topological polar surface area (TPSA) is 76.4 Å². The van der Waals surface area contributed by atoms with Crippen molar-refractivity contribution in [2.75, 3.05) is 0 Å². The first-order valence-corrected chi connectivity index (χ1v) is 8.75. The van der Waals surface area contributed by atoms with Crippen LogP contribution in [0.25, 0.3) is 5.65 Å². The van der Waals surface area contributed by atoms with Gasteiger partial charge < -0.3 is 5.32 Å². The molecule has 0 spiro atoms. The van der Waals surface area contributed by atoms with Crippen LogP contribution in [0.1, 0.15) is 46.2 Å². The number of aryl methyl sites for hydroxylation is 2. The van der Waals surface area contributed by atoms with Crippen molar-refractivity contribution < 1.29 is 4.79 Å². The quantitative estimate of drug-likeness (QED) is 0.786. The van der Waals surface area contributed by atoms with Crippen molar-refractivity contribution in [2.24, 2.45) is 5.92 Å². The van der Waals surface area contributed by atoms with Gasteiger partial charge in [0, 0.05) is 18.1 Å². The highest BCUT2D eigenvalue weighted by Crippen LogP contribution is 2.40. The van der Waals surface area contributed by atoms with Crippen LogP contribution >= 0.6 is 0 Å². The summed E-state index contributed by atoms with van der Waals surface area (Å²) in [4.78, 5) is 34.3. The number of nitrogens with zero attached hydrogens (tertiary/aromatic N) is 3. The second-order valence-electron chi connectivity index (χ2n) is 6.88. The van der Waals surface area contributed by atoms with Gasteiger partial charge in [-0.15, -0.1) is 0 Å². The van der Waals surface area contributed by atoms with E-state index in [1.54, 1.807) is 12.3 Å².